The van der Waals surface area contributed by atoms with Gasteiger partial charge in [0.1, 0.15) is 5.75 Å². The van der Waals surface area contributed by atoms with Crippen molar-refractivity contribution in [1.82, 2.24) is 10.2 Å². The number of nitrogens with one attached hydrogen (secondary N) is 1. The molecule has 1 aliphatic rings. The van der Waals surface area contributed by atoms with Gasteiger partial charge in [0, 0.05) is 13.1 Å². The number of carbonyl (C=O) groups excluding carboxylic acids is 1. The fourth-order valence-electron chi connectivity index (χ4n) is 3.14. The molecule has 1 aliphatic heterocycles. The van der Waals surface area contributed by atoms with Crippen LogP contribution in [0.4, 0.5) is 0 Å². The van der Waals surface area contributed by atoms with Gasteiger partial charge in [0.25, 0.3) is 5.91 Å². The van der Waals surface area contributed by atoms with Crippen molar-refractivity contribution in [2.24, 2.45) is 5.92 Å². The van der Waals surface area contributed by atoms with E-state index in [0.717, 1.165) is 44.6 Å². The van der Waals surface area contributed by atoms with Crippen molar-refractivity contribution in [3.8, 4) is 5.75 Å². The molecular formula is C19H31ClN2O2. The molecule has 136 valence electrons. The molecule has 1 saturated heterocycles. The minimum atomic E-state index is 0. The zero-order valence-electron chi connectivity index (χ0n) is 15.1. The van der Waals surface area contributed by atoms with Gasteiger partial charge in [-0.3, -0.25) is 4.79 Å². The van der Waals surface area contributed by atoms with Gasteiger partial charge in [0.05, 0.1) is 0 Å². The number of nitrogens with zero attached hydrogens (tertiary/aromatic N) is 1. The lowest BCUT2D eigenvalue weighted by Crippen LogP contribution is -2.42. The van der Waals surface area contributed by atoms with Gasteiger partial charge in [-0.2, -0.15) is 0 Å². The number of ether oxygens (including phenoxy) is 1. The van der Waals surface area contributed by atoms with Crippen LogP contribution in [0.25, 0.3) is 0 Å². The van der Waals surface area contributed by atoms with Crippen molar-refractivity contribution < 1.29 is 9.53 Å². The Bertz CT molecular complexity index is 502. The molecule has 0 aromatic heterocycles. The van der Waals surface area contributed by atoms with Gasteiger partial charge in [0.2, 0.25) is 0 Å². The van der Waals surface area contributed by atoms with E-state index in [2.05, 4.69) is 25.2 Å². The Hall–Kier alpha value is -1.26. The number of hydrogen-bond donors (Lipinski definition) is 1. The Kier molecular flexibility index (Phi) is 9.16. The molecule has 2 rings (SSSR count). The Balaban J connectivity index is 0.00000288. The normalized spacial score (nSPS) is 16.4. The number of piperidine rings is 1. The summed E-state index contributed by atoms with van der Waals surface area (Å²) in [5.41, 5.74) is 1.19. The monoisotopic (exact) mass is 354 g/mol. The zero-order valence-corrected chi connectivity index (χ0v) is 15.9. The number of hydrogen-bond acceptors (Lipinski definition) is 3. The van der Waals surface area contributed by atoms with Gasteiger partial charge < -0.3 is 15.0 Å². The van der Waals surface area contributed by atoms with Gasteiger partial charge in [-0.15, -0.1) is 12.4 Å². The molecule has 1 atom stereocenters. The molecule has 4 nitrogen and oxygen atoms in total. The summed E-state index contributed by atoms with van der Waals surface area (Å²) in [7, 11) is 1.99. The van der Waals surface area contributed by atoms with Crippen molar-refractivity contribution >= 4 is 18.3 Å². The first-order valence-electron chi connectivity index (χ1n) is 8.79. The van der Waals surface area contributed by atoms with E-state index in [1.165, 1.54) is 5.56 Å². The molecule has 0 bridgehead atoms. The predicted molar refractivity (Wildman–Crippen MR) is 101 cm³/mol. The maximum absolute atomic E-state index is 12.4. The maximum atomic E-state index is 12.4. The SMILES string of the molecule is CCC(C)c1ccccc1OCC(=O)N1CCC(CNC)CC1.Cl. The van der Waals surface area contributed by atoms with Crippen LogP contribution in [0.3, 0.4) is 0 Å². The summed E-state index contributed by atoms with van der Waals surface area (Å²) in [6.45, 7) is 7.24. The smallest absolute Gasteiger partial charge is 0.260 e. The number of benzene rings is 1. The molecule has 5 heteroatoms. The van der Waals surface area contributed by atoms with E-state index in [1.54, 1.807) is 0 Å². The van der Waals surface area contributed by atoms with Crippen molar-refractivity contribution in [3.63, 3.8) is 0 Å². The molecular weight excluding hydrogens is 324 g/mol. The first-order valence-corrected chi connectivity index (χ1v) is 8.79. The van der Waals surface area contributed by atoms with E-state index in [1.807, 2.05) is 30.1 Å². The number of rotatable bonds is 7. The van der Waals surface area contributed by atoms with Crippen LogP contribution in [-0.4, -0.2) is 44.1 Å². The number of para-hydroxylation sites is 1. The van der Waals surface area contributed by atoms with Crippen molar-refractivity contribution in [3.05, 3.63) is 29.8 Å². The third-order valence-electron chi connectivity index (χ3n) is 4.87. The highest BCUT2D eigenvalue weighted by molar-refractivity contribution is 5.85. The molecule has 1 N–H and O–H groups in total. The van der Waals surface area contributed by atoms with Crippen LogP contribution in [0.2, 0.25) is 0 Å². The fraction of sp³-hybridized carbons (Fsp3) is 0.632. The van der Waals surface area contributed by atoms with Crippen LogP contribution in [0.1, 0.15) is 44.6 Å². The summed E-state index contributed by atoms with van der Waals surface area (Å²) in [5.74, 6) is 2.09. The lowest BCUT2D eigenvalue weighted by molar-refractivity contribution is -0.134. The lowest BCUT2D eigenvalue weighted by atomic mass is 9.97. The summed E-state index contributed by atoms with van der Waals surface area (Å²) in [6.07, 6.45) is 3.22. The Labute approximate surface area is 152 Å². The predicted octanol–water partition coefficient (Wildman–Crippen LogP) is 3.46. The van der Waals surface area contributed by atoms with Gasteiger partial charge in [-0.1, -0.05) is 32.0 Å². The largest absolute Gasteiger partial charge is 0.483 e. The van der Waals surface area contributed by atoms with E-state index in [-0.39, 0.29) is 24.9 Å². The molecule has 1 fully saturated rings. The number of halogens is 1. The highest BCUT2D eigenvalue weighted by atomic mass is 35.5. The average molecular weight is 355 g/mol. The lowest BCUT2D eigenvalue weighted by Gasteiger charge is -2.32. The third-order valence-corrected chi connectivity index (χ3v) is 4.87. The molecule has 1 heterocycles. The minimum Gasteiger partial charge on any atom is -0.483 e. The number of carbonyl (C=O) groups is 1. The van der Waals surface area contributed by atoms with Crippen LogP contribution in [-0.2, 0) is 4.79 Å². The summed E-state index contributed by atoms with van der Waals surface area (Å²) in [6, 6.07) is 8.06. The van der Waals surface area contributed by atoms with Crippen molar-refractivity contribution in [1.29, 1.82) is 0 Å². The minimum absolute atomic E-state index is 0. The molecule has 0 aliphatic carbocycles. The van der Waals surface area contributed by atoms with Gasteiger partial charge in [-0.25, -0.2) is 0 Å². The fourth-order valence-corrected chi connectivity index (χ4v) is 3.14. The highest BCUT2D eigenvalue weighted by Crippen LogP contribution is 2.28. The van der Waals surface area contributed by atoms with E-state index < -0.39 is 0 Å². The topological polar surface area (TPSA) is 41.6 Å². The van der Waals surface area contributed by atoms with Crippen LogP contribution >= 0.6 is 12.4 Å². The maximum Gasteiger partial charge on any atom is 0.260 e. The Morgan fingerprint density at radius 2 is 2.00 bits per heavy atom. The first-order chi connectivity index (χ1) is 11.2. The zero-order chi connectivity index (χ0) is 16.7. The molecule has 1 amide bonds. The average Bonchev–Trinajstić information content (AvgIpc) is 2.60. The van der Waals surface area contributed by atoms with Crippen LogP contribution in [0.5, 0.6) is 5.75 Å². The van der Waals surface area contributed by atoms with E-state index in [4.69, 9.17) is 4.74 Å². The summed E-state index contributed by atoms with van der Waals surface area (Å²) < 4.78 is 5.85. The third kappa shape index (κ3) is 5.67. The quantitative estimate of drug-likeness (QED) is 0.815. The molecule has 24 heavy (non-hydrogen) atoms. The van der Waals surface area contributed by atoms with E-state index in [9.17, 15) is 4.79 Å². The summed E-state index contributed by atoms with van der Waals surface area (Å²) in [5, 5.41) is 3.22. The second-order valence-electron chi connectivity index (χ2n) is 6.52. The second-order valence-corrected chi connectivity index (χ2v) is 6.52. The summed E-state index contributed by atoms with van der Waals surface area (Å²) in [4.78, 5) is 14.3. The van der Waals surface area contributed by atoms with Crippen LogP contribution < -0.4 is 10.1 Å². The molecule has 1 aromatic carbocycles. The first kappa shape index (κ1) is 20.8. The van der Waals surface area contributed by atoms with Gasteiger partial charge in [0.15, 0.2) is 6.61 Å². The van der Waals surface area contributed by atoms with Crippen LogP contribution in [0.15, 0.2) is 24.3 Å². The number of likely N-dealkylation sites (tertiary alicyclic amines) is 1. The Morgan fingerprint density at radius 1 is 1.33 bits per heavy atom. The van der Waals surface area contributed by atoms with E-state index >= 15 is 0 Å². The van der Waals surface area contributed by atoms with E-state index in [0.29, 0.717) is 11.8 Å². The molecule has 0 radical (unpaired) electrons. The molecule has 0 spiro atoms. The van der Waals surface area contributed by atoms with Crippen molar-refractivity contribution in [2.45, 2.75) is 39.0 Å². The molecule has 1 unspecified atom stereocenters. The standard InChI is InChI=1S/C19H30N2O2.ClH/c1-4-15(2)17-7-5-6-8-18(17)23-14-19(22)21-11-9-16(10-12-21)13-20-3;/h5-8,15-16,20H,4,9-14H2,1-3H3;1H. The Morgan fingerprint density at radius 3 is 2.62 bits per heavy atom. The molecule has 1 aromatic rings. The number of amides is 1. The van der Waals surface area contributed by atoms with Crippen molar-refractivity contribution in [2.75, 3.05) is 33.3 Å². The van der Waals surface area contributed by atoms with Gasteiger partial charge in [-0.05, 0) is 56.3 Å². The highest BCUT2D eigenvalue weighted by Gasteiger charge is 2.22. The second kappa shape index (κ2) is 10.6. The van der Waals surface area contributed by atoms with Crippen LogP contribution in [0, 0.1) is 5.92 Å². The molecule has 0 saturated carbocycles. The van der Waals surface area contributed by atoms with Gasteiger partial charge >= 0.3 is 0 Å². The summed E-state index contributed by atoms with van der Waals surface area (Å²) >= 11 is 0.